The SMILES string of the molecule is CCOC(=O)C(F)[C@@H](N)c1ccc(Cl)nc1. The first-order chi connectivity index (χ1) is 7.56. The fourth-order valence-electron chi connectivity index (χ4n) is 1.12. The molecule has 0 radical (unpaired) electrons. The largest absolute Gasteiger partial charge is 0.464 e. The minimum atomic E-state index is -1.90. The van der Waals surface area contributed by atoms with Crippen molar-refractivity contribution in [1.82, 2.24) is 4.98 Å². The fraction of sp³-hybridized carbons (Fsp3) is 0.400. The molecule has 0 aliphatic carbocycles. The number of nitrogens with two attached hydrogens (primary N) is 1. The van der Waals surface area contributed by atoms with Crippen LogP contribution in [0.1, 0.15) is 18.5 Å². The van der Waals surface area contributed by atoms with Gasteiger partial charge in [-0.05, 0) is 18.6 Å². The highest BCUT2D eigenvalue weighted by atomic mass is 35.5. The Morgan fingerprint density at radius 1 is 1.69 bits per heavy atom. The van der Waals surface area contributed by atoms with Gasteiger partial charge in [0, 0.05) is 6.20 Å². The molecule has 0 spiro atoms. The molecule has 88 valence electrons. The van der Waals surface area contributed by atoms with E-state index in [9.17, 15) is 9.18 Å². The van der Waals surface area contributed by atoms with Crippen molar-refractivity contribution in [2.75, 3.05) is 6.61 Å². The smallest absolute Gasteiger partial charge is 0.342 e. The lowest BCUT2D eigenvalue weighted by Crippen LogP contribution is -2.31. The van der Waals surface area contributed by atoms with E-state index in [4.69, 9.17) is 17.3 Å². The maximum Gasteiger partial charge on any atom is 0.342 e. The van der Waals surface area contributed by atoms with E-state index in [2.05, 4.69) is 9.72 Å². The number of carbonyl (C=O) groups excluding carboxylic acids is 1. The average molecular weight is 247 g/mol. The van der Waals surface area contributed by atoms with E-state index in [0.29, 0.717) is 5.56 Å². The number of ether oxygens (including phenoxy) is 1. The quantitative estimate of drug-likeness (QED) is 0.648. The summed E-state index contributed by atoms with van der Waals surface area (Å²) in [5.41, 5.74) is 5.95. The predicted octanol–water partition coefficient (Wildman–Crippen LogP) is 1.64. The van der Waals surface area contributed by atoms with Crippen LogP contribution in [0.5, 0.6) is 0 Å². The monoisotopic (exact) mass is 246 g/mol. The predicted molar refractivity (Wildman–Crippen MR) is 57.7 cm³/mol. The number of hydrogen-bond acceptors (Lipinski definition) is 4. The molecular weight excluding hydrogens is 235 g/mol. The van der Waals surface area contributed by atoms with Gasteiger partial charge in [0.2, 0.25) is 6.17 Å². The molecule has 0 amide bonds. The van der Waals surface area contributed by atoms with Gasteiger partial charge in [-0.2, -0.15) is 0 Å². The third-order valence-corrected chi connectivity index (χ3v) is 2.19. The van der Waals surface area contributed by atoms with E-state index in [1.165, 1.54) is 18.3 Å². The first-order valence-corrected chi connectivity index (χ1v) is 5.11. The molecule has 0 aliphatic heterocycles. The van der Waals surface area contributed by atoms with Gasteiger partial charge in [-0.3, -0.25) is 0 Å². The second kappa shape index (κ2) is 5.77. The Morgan fingerprint density at radius 3 is 2.88 bits per heavy atom. The normalized spacial score (nSPS) is 14.2. The van der Waals surface area contributed by atoms with Gasteiger partial charge >= 0.3 is 5.97 Å². The van der Waals surface area contributed by atoms with Crippen molar-refractivity contribution in [3.05, 3.63) is 29.0 Å². The van der Waals surface area contributed by atoms with Crippen LogP contribution in [-0.2, 0) is 9.53 Å². The first-order valence-electron chi connectivity index (χ1n) is 4.74. The fourth-order valence-corrected chi connectivity index (χ4v) is 1.23. The maximum atomic E-state index is 13.5. The van der Waals surface area contributed by atoms with Crippen LogP contribution < -0.4 is 5.73 Å². The second-order valence-corrected chi connectivity index (χ2v) is 3.48. The molecule has 0 aromatic carbocycles. The molecule has 0 saturated heterocycles. The highest BCUT2D eigenvalue weighted by Gasteiger charge is 2.27. The zero-order valence-corrected chi connectivity index (χ0v) is 9.45. The van der Waals surface area contributed by atoms with Crippen LogP contribution in [0.3, 0.4) is 0 Å². The van der Waals surface area contributed by atoms with E-state index < -0.39 is 18.2 Å². The van der Waals surface area contributed by atoms with Crippen molar-refractivity contribution < 1.29 is 13.9 Å². The molecule has 0 aliphatic rings. The van der Waals surface area contributed by atoms with Crippen LogP contribution in [0.15, 0.2) is 18.3 Å². The van der Waals surface area contributed by atoms with Gasteiger partial charge in [0.1, 0.15) is 5.15 Å². The third kappa shape index (κ3) is 3.15. The zero-order valence-electron chi connectivity index (χ0n) is 8.69. The summed E-state index contributed by atoms with van der Waals surface area (Å²) in [5, 5.41) is 0.280. The third-order valence-electron chi connectivity index (χ3n) is 1.96. The Balaban J connectivity index is 2.73. The van der Waals surface area contributed by atoms with Gasteiger partial charge in [0.25, 0.3) is 0 Å². The van der Waals surface area contributed by atoms with Crippen LogP contribution in [-0.4, -0.2) is 23.7 Å². The Bertz CT molecular complexity index is 358. The lowest BCUT2D eigenvalue weighted by Gasteiger charge is -2.15. The summed E-state index contributed by atoms with van der Waals surface area (Å²) in [6.45, 7) is 1.71. The molecule has 1 rings (SSSR count). The van der Waals surface area contributed by atoms with Gasteiger partial charge < -0.3 is 10.5 Å². The first kappa shape index (κ1) is 12.9. The molecule has 0 fully saturated rings. The Hall–Kier alpha value is -1.20. The molecule has 2 N–H and O–H groups in total. The summed E-state index contributed by atoms with van der Waals surface area (Å²) in [5.74, 6) is -0.968. The van der Waals surface area contributed by atoms with Gasteiger partial charge in [-0.1, -0.05) is 17.7 Å². The van der Waals surface area contributed by atoms with Gasteiger partial charge in [-0.25, -0.2) is 14.2 Å². The molecule has 0 bridgehead atoms. The minimum Gasteiger partial charge on any atom is -0.464 e. The van der Waals surface area contributed by atoms with Crippen LogP contribution in [0.25, 0.3) is 0 Å². The molecule has 2 atom stereocenters. The molecular formula is C10H12ClFN2O2. The zero-order chi connectivity index (χ0) is 12.1. The topological polar surface area (TPSA) is 65.2 Å². The van der Waals surface area contributed by atoms with Crippen LogP contribution >= 0.6 is 11.6 Å². The number of pyridine rings is 1. The van der Waals surface area contributed by atoms with Crippen LogP contribution in [0.2, 0.25) is 5.15 Å². The summed E-state index contributed by atoms with van der Waals surface area (Å²) >= 11 is 5.57. The molecule has 1 unspecified atom stereocenters. The van der Waals surface area contributed by atoms with E-state index in [0.717, 1.165) is 0 Å². The van der Waals surface area contributed by atoms with Crippen LogP contribution in [0, 0.1) is 0 Å². The summed E-state index contributed by atoms with van der Waals surface area (Å²) in [4.78, 5) is 14.9. The van der Waals surface area contributed by atoms with E-state index in [1.807, 2.05) is 0 Å². The lowest BCUT2D eigenvalue weighted by molar-refractivity contribution is -0.149. The molecule has 16 heavy (non-hydrogen) atoms. The highest BCUT2D eigenvalue weighted by molar-refractivity contribution is 6.29. The molecule has 1 aromatic rings. The van der Waals surface area contributed by atoms with Crippen molar-refractivity contribution in [1.29, 1.82) is 0 Å². The van der Waals surface area contributed by atoms with Crippen LogP contribution in [0.4, 0.5) is 4.39 Å². The lowest BCUT2D eigenvalue weighted by atomic mass is 10.1. The summed E-state index contributed by atoms with van der Waals surface area (Å²) < 4.78 is 18.0. The minimum absolute atomic E-state index is 0.116. The van der Waals surface area contributed by atoms with Crippen molar-refractivity contribution in [2.45, 2.75) is 19.1 Å². The molecule has 1 heterocycles. The molecule has 4 nitrogen and oxygen atoms in total. The molecule has 0 saturated carbocycles. The number of hydrogen-bond donors (Lipinski definition) is 1. The molecule has 1 aromatic heterocycles. The van der Waals surface area contributed by atoms with Gasteiger partial charge in [0.05, 0.1) is 12.6 Å². The summed E-state index contributed by atoms with van der Waals surface area (Å²) in [7, 11) is 0. The van der Waals surface area contributed by atoms with Crippen molar-refractivity contribution >= 4 is 17.6 Å². The Labute approximate surface area is 97.6 Å². The van der Waals surface area contributed by atoms with Gasteiger partial charge in [-0.15, -0.1) is 0 Å². The standard InChI is InChI=1S/C10H12ClFN2O2/c1-2-16-10(15)8(12)9(13)6-3-4-7(11)14-5-6/h3-5,8-9H,2,13H2,1H3/t8?,9-/m0/s1. The van der Waals surface area contributed by atoms with E-state index >= 15 is 0 Å². The summed E-state index contributed by atoms with van der Waals surface area (Å²) in [6, 6.07) is 1.91. The van der Waals surface area contributed by atoms with E-state index in [-0.39, 0.29) is 11.8 Å². The highest BCUT2D eigenvalue weighted by Crippen LogP contribution is 2.18. The maximum absolute atomic E-state index is 13.5. The van der Waals surface area contributed by atoms with Crippen molar-refractivity contribution in [3.8, 4) is 0 Å². The second-order valence-electron chi connectivity index (χ2n) is 3.09. The van der Waals surface area contributed by atoms with Crippen molar-refractivity contribution in [2.24, 2.45) is 5.73 Å². The number of esters is 1. The number of rotatable bonds is 4. The molecule has 6 heteroatoms. The van der Waals surface area contributed by atoms with Gasteiger partial charge in [0.15, 0.2) is 0 Å². The Kier molecular flexibility index (Phi) is 4.64. The summed E-state index contributed by atoms with van der Waals surface area (Å²) in [6.07, 6.45) is -0.568. The average Bonchev–Trinajstić information content (AvgIpc) is 2.28. The number of halogens is 2. The number of nitrogens with zero attached hydrogens (tertiary/aromatic N) is 1. The number of carbonyl (C=O) groups is 1. The number of aromatic nitrogens is 1. The Morgan fingerprint density at radius 2 is 2.38 bits per heavy atom. The van der Waals surface area contributed by atoms with E-state index in [1.54, 1.807) is 6.92 Å². The number of alkyl halides is 1. The van der Waals surface area contributed by atoms with Crippen molar-refractivity contribution in [3.63, 3.8) is 0 Å².